The molecular weight excluding hydrogens is 407 g/mol. The number of ether oxygens (including phenoxy) is 1. The predicted octanol–water partition coefficient (Wildman–Crippen LogP) is 4.08. The third-order valence-electron chi connectivity index (χ3n) is 4.67. The third kappa shape index (κ3) is 3.85. The summed E-state index contributed by atoms with van der Waals surface area (Å²) >= 11 is 13.6. The number of halogens is 2. The number of nitrogens with zero attached hydrogens (tertiary/aromatic N) is 2. The Labute approximate surface area is 170 Å². The molecule has 5 nitrogen and oxygen atoms in total. The lowest BCUT2D eigenvalue weighted by Gasteiger charge is -2.15. The van der Waals surface area contributed by atoms with Crippen LogP contribution in [0.2, 0.25) is 10.0 Å². The average Bonchev–Trinajstić information content (AvgIpc) is 3.04. The summed E-state index contributed by atoms with van der Waals surface area (Å²) in [5, 5.41) is 11.9. The molecule has 2 aromatic heterocycles. The molecule has 0 saturated carbocycles. The highest BCUT2D eigenvalue weighted by Gasteiger charge is 2.20. The van der Waals surface area contributed by atoms with Gasteiger partial charge in [0.15, 0.2) is 0 Å². The Bertz CT molecular complexity index is 1050. The van der Waals surface area contributed by atoms with Crippen LogP contribution in [0, 0.1) is 0 Å². The number of aromatic nitrogens is 2. The van der Waals surface area contributed by atoms with Crippen LogP contribution in [0.25, 0.3) is 10.2 Å². The molecule has 8 heteroatoms. The van der Waals surface area contributed by atoms with Crippen molar-refractivity contribution in [3.05, 3.63) is 55.4 Å². The molecular formula is C19H18Cl2N2O3S. The standard InChI is InChI=1S/C19H18Cl2N2O3S/c20-11-5-6-14(21)15(7-11)26-9-12(24)8-23-10-22-18-17(19(23)25)13-3-1-2-4-16(13)27-18/h5-7,10,12,24H,1-4,8-9H2/t12-/m1/s1. The normalized spacial score (nSPS) is 14.9. The zero-order valence-corrected chi connectivity index (χ0v) is 16.8. The Hall–Kier alpha value is -1.60. The monoisotopic (exact) mass is 424 g/mol. The minimum absolute atomic E-state index is 0.00766. The van der Waals surface area contributed by atoms with Crippen molar-refractivity contribution in [2.75, 3.05) is 6.61 Å². The molecule has 142 valence electrons. The fourth-order valence-corrected chi connectivity index (χ4v) is 4.92. The Balaban J connectivity index is 1.52. The number of benzene rings is 1. The van der Waals surface area contributed by atoms with Gasteiger partial charge in [-0.1, -0.05) is 23.2 Å². The van der Waals surface area contributed by atoms with Crippen molar-refractivity contribution in [2.45, 2.75) is 38.3 Å². The number of hydrogen-bond acceptors (Lipinski definition) is 5. The molecule has 1 aliphatic carbocycles. The summed E-state index contributed by atoms with van der Waals surface area (Å²) in [6, 6.07) is 4.89. The first-order valence-corrected chi connectivity index (χ1v) is 10.4. The van der Waals surface area contributed by atoms with Crippen molar-refractivity contribution in [2.24, 2.45) is 0 Å². The first kappa shape index (κ1) is 18.7. The first-order valence-electron chi connectivity index (χ1n) is 8.78. The number of aryl methyl sites for hydroxylation is 2. The van der Waals surface area contributed by atoms with Crippen LogP contribution in [0.4, 0.5) is 0 Å². The van der Waals surface area contributed by atoms with E-state index in [2.05, 4.69) is 4.98 Å². The molecule has 0 saturated heterocycles. The van der Waals surface area contributed by atoms with Crippen LogP contribution in [0.1, 0.15) is 23.3 Å². The lowest BCUT2D eigenvalue weighted by molar-refractivity contribution is 0.0915. The SMILES string of the molecule is O=c1c2c3c(sc2ncn1C[C@@H](O)COc1cc(Cl)ccc1Cl)CCCC3. The molecule has 0 aliphatic heterocycles. The van der Waals surface area contributed by atoms with E-state index in [0.717, 1.165) is 36.1 Å². The smallest absolute Gasteiger partial charge is 0.262 e. The van der Waals surface area contributed by atoms with Crippen molar-refractivity contribution < 1.29 is 9.84 Å². The van der Waals surface area contributed by atoms with Crippen molar-refractivity contribution >= 4 is 44.8 Å². The third-order valence-corrected chi connectivity index (χ3v) is 6.42. The maximum atomic E-state index is 12.9. The van der Waals surface area contributed by atoms with Gasteiger partial charge in [-0.2, -0.15) is 0 Å². The zero-order valence-electron chi connectivity index (χ0n) is 14.5. The molecule has 0 amide bonds. The van der Waals surface area contributed by atoms with Crippen LogP contribution >= 0.6 is 34.5 Å². The summed E-state index contributed by atoms with van der Waals surface area (Å²) in [6.45, 7) is 0.0941. The molecule has 0 radical (unpaired) electrons. The van der Waals surface area contributed by atoms with Crippen LogP contribution in [0.15, 0.2) is 29.3 Å². The van der Waals surface area contributed by atoms with Gasteiger partial charge in [0, 0.05) is 16.0 Å². The highest BCUT2D eigenvalue weighted by molar-refractivity contribution is 7.18. The van der Waals surface area contributed by atoms with E-state index >= 15 is 0 Å². The van der Waals surface area contributed by atoms with Crippen molar-refractivity contribution in [3.63, 3.8) is 0 Å². The quantitative estimate of drug-likeness (QED) is 0.669. The van der Waals surface area contributed by atoms with Gasteiger partial charge >= 0.3 is 0 Å². The second-order valence-electron chi connectivity index (χ2n) is 6.63. The fraction of sp³-hybridized carbons (Fsp3) is 0.368. The van der Waals surface area contributed by atoms with E-state index in [1.165, 1.54) is 15.8 Å². The summed E-state index contributed by atoms with van der Waals surface area (Å²) in [7, 11) is 0. The molecule has 0 spiro atoms. The lowest BCUT2D eigenvalue weighted by atomic mass is 9.97. The van der Waals surface area contributed by atoms with Crippen LogP contribution in [0.5, 0.6) is 5.75 Å². The fourth-order valence-electron chi connectivity index (χ4n) is 3.36. The second-order valence-corrected chi connectivity index (χ2v) is 8.56. The molecule has 2 heterocycles. The molecule has 27 heavy (non-hydrogen) atoms. The number of rotatable bonds is 5. The highest BCUT2D eigenvalue weighted by atomic mass is 35.5. The van der Waals surface area contributed by atoms with Gasteiger partial charge < -0.3 is 9.84 Å². The summed E-state index contributed by atoms with van der Waals surface area (Å²) in [4.78, 5) is 19.4. The van der Waals surface area contributed by atoms with Gasteiger partial charge in [-0.15, -0.1) is 11.3 Å². The Morgan fingerprint density at radius 1 is 1.30 bits per heavy atom. The van der Waals surface area contributed by atoms with Gasteiger partial charge in [0.2, 0.25) is 0 Å². The van der Waals surface area contributed by atoms with E-state index in [1.807, 2.05) is 0 Å². The Morgan fingerprint density at radius 3 is 2.96 bits per heavy atom. The maximum Gasteiger partial charge on any atom is 0.262 e. The van der Waals surface area contributed by atoms with E-state index in [9.17, 15) is 9.90 Å². The molecule has 1 aromatic carbocycles. The van der Waals surface area contributed by atoms with Gasteiger partial charge in [-0.25, -0.2) is 4.98 Å². The predicted molar refractivity (Wildman–Crippen MR) is 108 cm³/mol. The maximum absolute atomic E-state index is 12.9. The largest absolute Gasteiger partial charge is 0.489 e. The number of aliphatic hydroxyl groups is 1. The summed E-state index contributed by atoms with van der Waals surface area (Å²) in [6.07, 6.45) is 4.83. The van der Waals surface area contributed by atoms with Gasteiger partial charge in [-0.05, 0) is 43.4 Å². The number of aliphatic hydroxyl groups excluding tert-OH is 1. The molecule has 4 rings (SSSR count). The van der Waals surface area contributed by atoms with Crippen molar-refractivity contribution in [3.8, 4) is 5.75 Å². The summed E-state index contributed by atoms with van der Waals surface area (Å²) in [5.74, 6) is 0.399. The summed E-state index contributed by atoms with van der Waals surface area (Å²) < 4.78 is 7.01. The molecule has 1 N–H and O–H groups in total. The van der Waals surface area contributed by atoms with Gasteiger partial charge in [0.1, 0.15) is 23.3 Å². The Morgan fingerprint density at radius 2 is 2.11 bits per heavy atom. The molecule has 0 unspecified atom stereocenters. The van der Waals surface area contributed by atoms with Crippen LogP contribution < -0.4 is 10.3 Å². The van der Waals surface area contributed by atoms with Crippen molar-refractivity contribution in [1.82, 2.24) is 9.55 Å². The van der Waals surface area contributed by atoms with E-state index in [1.54, 1.807) is 29.5 Å². The van der Waals surface area contributed by atoms with E-state index < -0.39 is 6.10 Å². The number of hydrogen-bond donors (Lipinski definition) is 1. The van der Waals surface area contributed by atoms with E-state index in [4.69, 9.17) is 27.9 Å². The van der Waals surface area contributed by atoms with Gasteiger partial charge in [-0.3, -0.25) is 9.36 Å². The van der Waals surface area contributed by atoms with Crippen LogP contribution in [0.3, 0.4) is 0 Å². The van der Waals surface area contributed by atoms with Crippen LogP contribution in [-0.2, 0) is 19.4 Å². The number of thiophene rings is 1. The number of fused-ring (bicyclic) bond motifs is 3. The minimum atomic E-state index is -0.883. The average molecular weight is 425 g/mol. The van der Waals surface area contributed by atoms with E-state index in [0.29, 0.717) is 21.2 Å². The zero-order chi connectivity index (χ0) is 19.0. The van der Waals surface area contributed by atoms with Crippen LogP contribution in [-0.4, -0.2) is 27.4 Å². The molecule has 3 aromatic rings. The minimum Gasteiger partial charge on any atom is -0.489 e. The van der Waals surface area contributed by atoms with E-state index in [-0.39, 0.29) is 18.7 Å². The first-order chi connectivity index (χ1) is 13.0. The topological polar surface area (TPSA) is 64.4 Å². The molecule has 0 fully saturated rings. The summed E-state index contributed by atoms with van der Waals surface area (Å²) in [5.41, 5.74) is 1.05. The molecule has 0 bridgehead atoms. The highest BCUT2D eigenvalue weighted by Crippen LogP contribution is 2.33. The van der Waals surface area contributed by atoms with Gasteiger partial charge in [0.05, 0.1) is 23.3 Å². The lowest BCUT2D eigenvalue weighted by Crippen LogP contribution is -2.30. The van der Waals surface area contributed by atoms with Crippen molar-refractivity contribution in [1.29, 1.82) is 0 Å². The Kier molecular flexibility index (Phi) is 5.41. The molecule has 1 atom stereocenters. The molecule has 1 aliphatic rings. The second kappa shape index (κ2) is 7.80. The van der Waals surface area contributed by atoms with Gasteiger partial charge in [0.25, 0.3) is 5.56 Å².